The third kappa shape index (κ3) is 6.66. The van der Waals surface area contributed by atoms with Gasteiger partial charge in [0, 0.05) is 80.6 Å². The zero-order valence-electron chi connectivity index (χ0n) is 36.8. The van der Waals surface area contributed by atoms with Crippen LogP contribution in [0.3, 0.4) is 0 Å². The first-order valence-electron chi connectivity index (χ1n) is 22.9. The average Bonchev–Trinajstić information content (AvgIpc) is 3.93. The fourth-order valence-corrected chi connectivity index (χ4v) is 10.1. The summed E-state index contributed by atoms with van der Waals surface area (Å²) in [6.07, 6.45) is 7.41. The highest BCUT2D eigenvalue weighted by Gasteiger charge is 2.21. The van der Waals surface area contributed by atoms with Gasteiger partial charge in [0.2, 0.25) is 0 Å². The second kappa shape index (κ2) is 16.3. The molecule has 0 aliphatic heterocycles. The molecule has 0 bridgehead atoms. The Kier molecular flexibility index (Phi) is 9.39. The first-order valence-corrected chi connectivity index (χ1v) is 22.9. The molecule has 6 heteroatoms. The van der Waals surface area contributed by atoms with Crippen LogP contribution in [0.1, 0.15) is 0 Å². The summed E-state index contributed by atoms with van der Waals surface area (Å²) in [5.74, 6) is 1.49. The fraction of sp³-hybridized carbons (Fsp3) is 0. The molecule has 0 atom stereocenters. The lowest BCUT2D eigenvalue weighted by molar-refractivity contribution is 0.488. The van der Waals surface area contributed by atoms with E-state index in [1.807, 2.05) is 24.8 Å². The number of rotatable bonds is 9. The molecule has 0 aliphatic carbocycles. The molecule has 0 amide bonds. The van der Waals surface area contributed by atoms with Crippen LogP contribution < -0.4 is 9.64 Å². The van der Waals surface area contributed by atoms with E-state index in [1.54, 1.807) is 0 Å². The van der Waals surface area contributed by atoms with Crippen LogP contribution in [-0.4, -0.2) is 19.1 Å². The second-order valence-electron chi connectivity index (χ2n) is 17.1. The third-order valence-electron chi connectivity index (χ3n) is 13.1. The molecule has 6 nitrogen and oxygen atoms in total. The molecule has 4 heterocycles. The van der Waals surface area contributed by atoms with Crippen LogP contribution in [0.25, 0.3) is 88.0 Å². The standard InChI is InChI=1S/C62H41N5O/c1-3-13-46(14-4-1)65(47-15-5-2-6-16-47)59-27-28-62(54-20-8-7-19-53(54)59)68-50-40-48(66-57-21-11-9-17-51(57)52-18-10-12-22-58(52)66)39-49(41-50)67-60-25-23-44(42-29-33-63-34-30-42)37-55(60)56-38-45(24-26-61(56)67)43-31-35-64-36-32-43/h1-41H. The Labute approximate surface area is 392 Å². The highest BCUT2D eigenvalue weighted by atomic mass is 16.5. The molecule has 0 aliphatic rings. The SMILES string of the molecule is c1ccc(N(c2ccccc2)c2ccc(Oc3cc(-n4c5ccccc5c5ccccc54)cc(-n4c5ccc(-c6ccncc6)cc5c5cc(-c6ccncc6)ccc54)c3)c3ccccc23)cc1. The quantitative estimate of drug-likeness (QED) is 0.145. The van der Waals surface area contributed by atoms with E-state index >= 15 is 0 Å². The maximum Gasteiger partial charge on any atom is 0.135 e. The summed E-state index contributed by atoms with van der Waals surface area (Å²) in [4.78, 5) is 10.9. The van der Waals surface area contributed by atoms with Crippen molar-refractivity contribution in [1.29, 1.82) is 0 Å². The fourth-order valence-electron chi connectivity index (χ4n) is 10.1. The van der Waals surface area contributed by atoms with Crippen LogP contribution in [0.4, 0.5) is 17.1 Å². The number of hydrogen-bond donors (Lipinski definition) is 0. The van der Waals surface area contributed by atoms with E-state index in [-0.39, 0.29) is 0 Å². The molecule has 0 fully saturated rings. The number of benzene rings is 9. The van der Waals surface area contributed by atoms with E-state index in [2.05, 4.69) is 248 Å². The number of ether oxygens (including phenoxy) is 1. The molecule has 0 unspecified atom stereocenters. The molecule has 0 saturated heterocycles. The summed E-state index contributed by atoms with van der Waals surface area (Å²) < 4.78 is 12.0. The average molecular weight is 872 g/mol. The Hall–Kier alpha value is -9.26. The number of hydrogen-bond acceptors (Lipinski definition) is 4. The lowest BCUT2D eigenvalue weighted by Crippen LogP contribution is -2.10. The molecule has 9 aromatic carbocycles. The van der Waals surface area contributed by atoms with Crippen molar-refractivity contribution < 1.29 is 4.74 Å². The number of aromatic nitrogens is 4. The minimum absolute atomic E-state index is 0.719. The largest absolute Gasteiger partial charge is 0.457 e. The normalized spacial score (nSPS) is 11.5. The highest BCUT2D eigenvalue weighted by molar-refractivity contribution is 6.12. The van der Waals surface area contributed by atoms with Crippen LogP contribution in [-0.2, 0) is 0 Å². The van der Waals surface area contributed by atoms with Crippen LogP contribution in [0.5, 0.6) is 11.5 Å². The molecular weight excluding hydrogens is 831 g/mol. The number of pyridine rings is 2. The van der Waals surface area contributed by atoms with Crippen LogP contribution in [0.15, 0.2) is 249 Å². The maximum atomic E-state index is 7.26. The summed E-state index contributed by atoms with van der Waals surface area (Å²) in [5.41, 5.74) is 14.1. The predicted molar refractivity (Wildman–Crippen MR) is 280 cm³/mol. The third-order valence-corrected chi connectivity index (χ3v) is 13.1. The number of nitrogens with zero attached hydrogens (tertiary/aromatic N) is 5. The first-order chi connectivity index (χ1) is 33.7. The van der Waals surface area contributed by atoms with Gasteiger partial charge < -0.3 is 18.8 Å². The second-order valence-corrected chi connectivity index (χ2v) is 17.1. The van der Waals surface area contributed by atoms with E-state index in [9.17, 15) is 0 Å². The molecule has 13 rings (SSSR count). The molecule has 0 saturated carbocycles. The first kappa shape index (κ1) is 39.1. The zero-order chi connectivity index (χ0) is 45.0. The Morgan fingerprint density at radius 1 is 0.324 bits per heavy atom. The van der Waals surface area contributed by atoms with Crippen molar-refractivity contribution in [2.45, 2.75) is 0 Å². The monoisotopic (exact) mass is 871 g/mol. The van der Waals surface area contributed by atoms with Gasteiger partial charge in [-0.05, 0) is 125 Å². The molecule has 320 valence electrons. The van der Waals surface area contributed by atoms with Crippen molar-refractivity contribution in [3.63, 3.8) is 0 Å². The number of anilines is 3. The van der Waals surface area contributed by atoms with E-state index in [1.165, 1.54) is 10.8 Å². The van der Waals surface area contributed by atoms with Gasteiger partial charge in [-0.1, -0.05) is 109 Å². The molecule has 68 heavy (non-hydrogen) atoms. The minimum atomic E-state index is 0.719. The predicted octanol–water partition coefficient (Wildman–Crippen LogP) is 16.4. The lowest BCUT2D eigenvalue weighted by atomic mass is 10.0. The molecule has 0 spiro atoms. The lowest BCUT2D eigenvalue weighted by Gasteiger charge is -2.27. The molecule has 13 aromatic rings. The van der Waals surface area contributed by atoms with Gasteiger partial charge in [0.25, 0.3) is 0 Å². The van der Waals surface area contributed by atoms with Crippen LogP contribution >= 0.6 is 0 Å². The molecule has 0 N–H and O–H groups in total. The van der Waals surface area contributed by atoms with Gasteiger partial charge in [-0.15, -0.1) is 0 Å². The van der Waals surface area contributed by atoms with Crippen molar-refractivity contribution in [3.05, 3.63) is 249 Å². The Bertz CT molecular complexity index is 3810. The zero-order valence-corrected chi connectivity index (χ0v) is 36.8. The molecule has 4 aromatic heterocycles. The van der Waals surface area contributed by atoms with Crippen molar-refractivity contribution in [1.82, 2.24) is 19.1 Å². The topological polar surface area (TPSA) is 48.1 Å². The summed E-state index contributed by atoms with van der Waals surface area (Å²) in [6.45, 7) is 0. The Morgan fingerprint density at radius 2 is 0.765 bits per heavy atom. The van der Waals surface area contributed by atoms with Gasteiger partial charge in [0.1, 0.15) is 11.5 Å². The van der Waals surface area contributed by atoms with Crippen molar-refractivity contribution >= 4 is 71.4 Å². The highest BCUT2D eigenvalue weighted by Crippen LogP contribution is 2.44. The summed E-state index contributed by atoms with van der Waals surface area (Å²) in [5, 5.41) is 6.78. The van der Waals surface area contributed by atoms with Gasteiger partial charge in [0.15, 0.2) is 0 Å². The summed E-state index contributed by atoms with van der Waals surface area (Å²) in [6, 6.07) is 79.8. The van der Waals surface area contributed by atoms with Crippen molar-refractivity contribution in [2.75, 3.05) is 4.90 Å². The summed E-state index contributed by atoms with van der Waals surface area (Å²) in [7, 11) is 0. The van der Waals surface area contributed by atoms with Crippen LogP contribution in [0.2, 0.25) is 0 Å². The summed E-state index contributed by atoms with van der Waals surface area (Å²) >= 11 is 0. The smallest absolute Gasteiger partial charge is 0.135 e. The minimum Gasteiger partial charge on any atom is -0.457 e. The van der Waals surface area contributed by atoms with E-state index in [0.717, 1.165) is 106 Å². The molecule has 0 radical (unpaired) electrons. The van der Waals surface area contributed by atoms with E-state index in [4.69, 9.17) is 4.74 Å². The van der Waals surface area contributed by atoms with Crippen LogP contribution in [0, 0.1) is 0 Å². The Balaban J connectivity index is 1.04. The van der Waals surface area contributed by atoms with E-state index < -0.39 is 0 Å². The number of para-hydroxylation sites is 4. The van der Waals surface area contributed by atoms with Gasteiger partial charge in [0.05, 0.1) is 39.1 Å². The molecular formula is C62H41N5O. The van der Waals surface area contributed by atoms with Crippen molar-refractivity contribution in [3.8, 4) is 45.1 Å². The van der Waals surface area contributed by atoms with Gasteiger partial charge in [-0.25, -0.2) is 0 Å². The Morgan fingerprint density at radius 3 is 1.28 bits per heavy atom. The van der Waals surface area contributed by atoms with Gasteiger partial charge in [-0.2, -0.15) is 0 Å². The maximum absolute atomic E-state index is 7.26. The van der Waals surface area contributed by atoms with Crippen molar-refractivity contribution in [2.24, 2.45) is 0 Å². The van der Waals surface area contributed by atoms with Gasteiger partial charge >= 0.3 is 0 Å². The van der Waals surface area contributed by atoms with Gasteiger partial charge in [-0.3, -0.25) is 9.97 Å². The number of fused-ring (bicyclic) bond motifs is 7. The van der Waals surface area contributed by atoms with E-state index in [0.29, 0.717) is 0 Å².